The van der Waals surface area contributed by atoms with Gasteiger partial charge >= 0.3 is 11.9 Å². The molecule has 49 heavy (non-hydrogen) atoms. The lowest BCUT2D eigenvalue weighted by Crippen LogP contribution is -2.46. The van der Waals surface area contributed by atoms with Gasteiger partial charge in [0.25, 0.3) is 0 Å². The van der Waals surface area contributed by atoms with Crippen molar-refractivity contribution in [3.05, 3.63) is 0 Å². The fourth-order valence-corrected chi connectivity index (χ4v) is 7.33. The van der Waals surface area contributed by atoms with Gasteiger partial charge in [0.2, 0.25) is 0 Å². The second-order valence-electron chi connectivity index (χ2n) is 15.5. The van der Waals surface area contributed by atoms with Gasteiger partial charge in [0.1, 0.15) is 0 Å². The van der Waals surface area contributed by atoms with Crippen LogP contribution in [0.5, 0.6) is 0 Å². The Hall–Kier alpha value is -1.10. The van der Waals surface area contributed by atoms with Crippen molar-refractivity contribution in [2.45, 2.75) is 270 Å². The molecule has 2 unspecified atom stereocenters. The molecule has 5 heteroatoms. The third kappa shape index (κ3) is 30.3. The van der Waals surface area contributed by atoms with Gasteiger partial charge < -0.3 is 14.9 Å². The van der Waals surface area contributed by atoms with E-state index in [0.717, 1.165) is 57.8 Å². The molecule has 0 heterocycles. The summed E-state index contributed by atoms with van der Waals surface area (Å²) in [5.74, 6) is -1.98. The molecule has 0 aromatic carbocycles. The van der Waals surface area contributed by atoms with Crippen molar-refractivity contribution in [3.8, 4) is 0 Å². The van der Waals surface area contributed by atoms with E-state index in [2.05, 4.69) is 20.8 Å². The lowest BCUT2D eigenvalue weighted by Gasteiger charge is -2.33. The molecular weight excluding hydrogens is 608 g/mol. The first kappa shape index (κ1) is 47.9. The molecule has 0 rings (SSSR count). The van der Waals surface area contributed by atoms with Crippen LogP contribution in [0.25, 0.3) is 0 Å². The van der Waals surface area contributed by atoms with Crippen LogP contribution in [-0.4, -0.2) is 33.9 Å². The molecule has 0 saturated carbocycles. The minimum atomic E-state index is -1.39. The third-order valence-electron chi connectivity index (χ3n) is 10.7. The van der Waals surface area contributed by atoms with E-state index in [1.54, 1.807) is 0 Å². The van der Waals surface area contributed by atoms with Crippen LogP contribution >= 0.6 is 0 Å². The van der Waals surface area contributed by atoms with E-state index in [4.69, 9.17) is 4.74 Å². The lowest BCUT2D eigenvalue weighted by atomic mass is 9.88. The largest absolute Gasteiger partial charge is 0.479 e. The highest BCUT2D eigenvalue weighted by Gasteiger charge is 2.42. The average Bonchev–Trinajstić information content (AvgIpc) is 3.09. The molecule has 0 spiro atoms. The molecule has 0 fully saturated rings. The monoisotopic (exact) mass is 695 g/mol. The molecule has 5 nitrogen and oxygen atoms in total. The summed E-state index contributed by atoms with van der Waals surface area (Å²) < 4.78 is 6.22. The van der Waals surface area contributed by atoms with E-state index < -0.39 is 23.6 Å². The molecular formula is C44H86O5. The predicted molar refractivity (Wildman–Crippen MR) is 211 cm³/mol. The Balaban J connectivity index is 4.58. The fourth-order valence-electron chi connectivity index (χ4n) is 7.33. The van der Waals surface area contributed by atoms with Crippen molar-refractivity contribution in [2.75, 3.05) is 0 Å². The minimum absolute atomic E-state index is 0.400. The molecule has 0 aromatic heterocycles. The van der Waals surface area contributed by atoms with Crippen LogP contribution in [0.2, 0.25) is 0 Å². The van der Waals surface area contributed by atoms with Crippen LogP contribution in [0.1, 0.15) is 258 Å². The topological polar surface area (TPSA) is 83.8 Å². The van der Waals surface area contributed by atoms with Crippen molar-refractivity contribution in [1.82, 2.24) is 0 Å². The van der Waals surface area contributed by atoms with Crippen molar-refractivity contribution in [2.24, 2.45) is 0 Å². The summed E-state index contributed by atoms with van der Waals surface area (Å²) in [7, 11) is 0. The van der Waals surface area contributed by atoms with Crippen LogP contribution in [0.3, 0.4) is 0 Å². The van der Waals surface area contributed by atoms with E-state index in [0.29, 0.717) is 19.3 Å². The summed E-state index contributed by atoms with van der Waals surface area (Å²) in [4.78, 5) is 25.1. The number of carbonyl (C=O) groups is 2. The molecule has 2 atom stereocenters. The minimum Gasteiger partial charge on any atom is -0.479 e. The molecule has 2 N–H and O–H groups in total. The molecule has 0 saturated heterocycles. The molecule has 292 valence electrons. The maximum Gasteiger partial charge on any atom is 0.336 e. The number of rotatable bonds is 41. The summed E-state index contributed by atoms with van der Waals surface area (Å²) in [6.45, 7) is 6.73. The predicted octanol–water partition coefficient (Wildman–Crippen LogP) is 14.8. The van der Waals surface area contributed by atoms with Gasteiger partial charge in [-0.15, -0.1) is 0 Å². The Kier molecular flexibility index (Phi) is 35.9. The average molecular weight is 695 g/mol. The zero-order valence-corrected chi connectivity index (χ0v) is 33.4. The molecule has 0 aliphatic rings. The summed E-state index contributed by atoms with van der Waals surface area (Å²) in [5.41, 5.74) is -1.39. The smallest absolute Gasteiger partial charge is 0.336 e. The second-order valence-corrected chi connectivity index (χ2v) is 15.5. The van der Waals surface area contributed by atoms with Gasteiger partial charge in [-0.3, -0.25) is 0 Å². The highest BCUT2D eigenvalue weighted by molar-refractivity contribution is 5.79. The summed E-state index contributed by atoms with van der Waals surface area (Å²) in [6, 6.07) is 0. The van der Waals surface area contributed by atoms with Gasteiger partial charge in [-0.1, -0.05) is 226 Å². The Labute approximate surface area is 305 Å². The van der Waals surface area contributed by atoms with Gasteiger partial charge in [-0.25, -0.2) is 9.59 Å². The zero-order valence-electron chi connectivity index (χ0n) is 33.4. The summed E-state index contributed by atoms with van der Waals surface area (Å²) in [6.07, 6.45) is 41.7. The number of ether oxygens (including phenoxy) is 1. The molecule has 0 radical (unpaired) electrons. The number of unbranched alkanes of at least 4 members (excludes halogenated alkanes) is 31. The number of carboxylic acid groups (broad SMARTS) is 2. The normalized spacial score (nSPS) is 13.4. The van der Waals surface area contributed by atoms with Gasteiger partial charge in [0, 0.05) is 0 Å². The van der Waals surface area contributed by atoms with E-state index in [9.17, 15) is 19.8 Å². The summed E-state index contributed by atoms with van der Waals surface area (Å²) >= 11 is 0. The Morgan fingerprint density at radius 1 is 0.408 bits per heavy atom. The second kappa shape index (κ2) is 36.7. The Morgan fingerprint density at radius 2 is 0.653 bits per heavy atom. The third-order valence-corrected chi connectivity index (χ3v) is 10.7. The summed E-state index contributed by atoms with van der Waals surface area (Å²) in [5, 5.41) is 20.5. The maximum atomic E-state index is 12.8. The van der Waals surface area contributed by atoms with Crippen LogP contribution in [-0.2, 0) is 14.3 Å². The SMILES string of the molecule is CCCCCCCCCCCCCCCCC(OC(CCCCCCCC)(CCCCCCCCCCCCCCCC)C(=O)O)C(=O)O. The number of carboxylic acids is 2. The highest BCUT2D eigenvalue weighted by atomic mass is 16.6. The van der Waals surface area contributed by atoms with E-state index >= 15 is 0 Å². The molecule has 0 aliphatic heterocycles. The highest BCUT2D eigenvalue weighted by Crippen LogP contribution is 2.31. The van der Waals surface area contributed by atoms with E-state index in [1.165, 1.54) is 161 Å². The van der Waals surface area contributed by atoms with Gasteiger partial charge in [-0.05, 0) is 32.1 Å². The molecule has 0 bridgehead atoms. The quantitative estimate of drug-likeness (QED) is 0.0622. The van der Waals surface area contributed by atoms with Gasteiger partial charge in [0.05, 0.1) is 0 Å². The zero-order chi connectivity index (χ0) is 36.1. The van der Waals surface area contributed by atoms with Crippen LogP contribution in [0.4, 0.5) is 0 Å². The first-order valence-corrected chi connectivity index (χ1v) is 22.1. The molecule has 0 aromatic rings. The van der Waals surface area contributed by atoms with Crippen molar-refractivity contribution in [3.63, 3.8) is 0 Å². The fraction of sp³-hybridized carbons (Fsp3) is 0.955. The van der Waals surface area contributed by atoms with Crippen molar-refractivity contribution >= 4 is 11.9 Å². The van der Waals surface area contributed by atoms with Crippen molar-refractivity contribution in [1.29, 1.82) is 0 Å². The first-order chi connectivity index (χ1) is 23.9. The van der Waals surface area contributed by atoms with E-state index in [-0.39, 0.29) is 0 Å². The van der Waals surface area contributed by atoms with Crippen LogP contribution in [0, 0.1) is 0 Å². The van der Waals surface area contributed by atoms with Crippen LogP contribution < -0.4 is 0 Å². The van der Waals surface area contributed by atoms with Crippen LogP contribution in [0.15, 0.2) is 0 Å². The van der Waals surface area contributed by atoms with E-state index in [1.807, 2.05) is 0 Å². The number of hydrogen-bond acceptors (Lipinski definition) is 3. The Bertz CT molecular complexity index is 709. The standard InChI is InChI=1S/C44H86O5/c1-4-7-10-13-16-18-20-22-24-26-28-30-32-35-38-41(42(45)46)49-44(43(47)48,39-36-33-15-12-9-6-3)40-37-34-31-29-27-25-23-21-19-17-14-11-8-5-2/h41H,4-40H2,1-3H3,(H,45,46)(H,47,48). The Morgan fingerprint density at radius 3 is 0.898 bits per heavy atom. The van der Waals surface area contributed by atoms with Gasteiger partial charge in [-0.2, -0.15) is 0 Å². The maximum absolute atomic E-state index is 12.8. The first-order valence-electron chi connectivity index (χ1n) is 22.1. The molecule has 0 aliphatic carbocycles. The lowest BCUT2D eigenvalue weighted by molar-refractivity contribution is -0.187. The van der Waals surface area contributed by atoms with Crippen molar-refractivity contribution < 1.29 is 24.5 Å². The number of hydrogen-bond donors (Lipinski definition) is 2. The number of aliphatic carboxylic acids is 2. The van der Waals surface area contributed by atoms with Gasteiger partial charge in [0.15, 0.2) is 11.7 Å². The molecule has 0 amide bonds.